The topological polar surface area (TPSA) is 37.0 Å². The Labute approximate surface area is 98.7 Å². The normalized spacial score (nSPS) is 11.2. The Balaban J connectivity index is 2.69. The van der Waals surface area contributed by atoms with Crippen molar-refractivity contribution in [3.05, 3.63) is 18.2 Å². The fourth-order valence-electron chi connectivity index (χ4n) is 1.82. The van der Waals surface area contributed by atoms with Crippen LogP contribution >= 0.6 is 0 Å². The molecule has 1 rings (SSSR count). The average molecular weight is 221 g/mol. The molecule has 0 aliphatic carbocycles. The molecular formula is C13H23N3. The maximum Gasteiger partial charge on any atom is 0.128 e. The van der Waals surface area contributed by atoms with E-state index < -0.39 is 0 Å². The maximum absolute atomic E-state index is 4.51. The number of anilines is 2. The molecule has 0 aliphatic heterocycles. The molecule has 1 aromatic rings. The van der Waals surface area contributed by atoms with Crippen LogP contribution in [0.15, 0.2) is 18.2 Å². The lowest BCUT2D eigenvalue weighted by Gasteiger charge is -2.26. The molecule has 3 heteroatoms. The summed E-state index contributed by atoms with van der Waals surface area (Å²) < 4.78 is 0. The van der Waals surface area contributed by atoms with Crippen molar-refractivity contribution < 1.29 is 0 Å². The molecule has 1 aromatic heterocycles. The van der Waals surface area contributed by atoms with Gasteiger partial charge in [0.15, 0.2) is 0 Å². The SMILES string of the molecule is CCCC(C)(C)Nc1cccc(NCC)n1. The fraction of sp³-hybridized carbons (Fsp3) is 0.615. The minimum Gasteiger partial charge on any atom is -0.370 e. The van der Waals surface area contributed by atoms with Gasteiger partial charge >= 0.3 is 0 Å². The van der Waals surface area contributed by atoms with Crippen molar-refractivity contribution in [3.8, 4) is 0 Å². The largest absolute Gasteiger partial charge is 0.370 e. The Morgan fingerprint density at radius 2 is 1.88 bits per heavy atom. The zero-order valence-corrected chi connectivity index (χ0v) is 10.8. The minimum absolute atomic E-state index is 0.104. The number of aromatic nitrogens is 1. The van der Waals surface area contributed by atoms with Gasteiger partial charge in [-0.15, -0.1) is 0 Å². The van der Waals surface area contributed by atoms with Crippen LogP contribution in [-0.4, -0.2) is 17.1 Å². The Hall–Kier alpha value is -1.25. The number of hydrogen-bond acceptors (Lipinski definition) is 3. The van der Waals surface area contributed by atoms with Crippen molar-refractivity contribution in [3.63, 3.8) is 0 Å². The fourth-order valence-corrected chi connectivity index (χ4v) is 1.82. The molecule has 2 N–H and O–H groups in total. The van der Waals surface area contributed by atoms with Gasteiger partial charge in [0.05, 0.1) is 0 Å². The number of nitrogens with one attached hydrogen (secondary N) is 2. The predicted octanol–water partition coefficient (Wildman–Crippen LogP) is 3.50. The Bertz CT molecular complexity index is 321. The van der Waals surface area contributed by atoms with Crippen LogP contribution < -0.4 is 10.6 Å². The Kier molecular flexibility index (Phi) is 4.59. The van der Waals surface area contributed by atoms with E-state index >= 15 is 0 Å². The van der Waals surface area contributed by atoms with E-state index in [2.05, 4.69) is 43.3 Å². The van der Waals surface area contributed by atoms with Gasteiger partial charge in [-0.2, -0.15) is 0 Å². The van der Waals surface area contributed by atoms with Gasteiger partial charge in [-0.25, -0.2) is 4.98 Å². The van der Waals surface area contributed by atoms with Crippen LogP contribution in [0.5, 0.6) is 0 Å². The van der Waals surface area contributed by atoms with E-state index in [4.69, 9.17) is 0 Å². The van der Waals surface area contributed by atoms with Gasteiger partial charge in [0.1, 0.15) is 11.6 Å². The molecular weight excluding hydrogens is 198 g/mol. The van der Waals surface area contributed by atoms with E-state index in [-0.39, 0.29) is 5.54 Å². The molecule has 0 spiro atoms. The highest BCUT2D eigenvalue weighted by atomic mass is 15.1. The van der Waals surface area contributed by atoms with Crippen molar-refractivity contribution in [2.75, 3.05) is 17.2 Å². The zero-order chi connectivity index (χ0) is 12.0. The van der Waals surface area contributed by atoms with Crippen LogP contribution in [0.4, 0.5) is 11.6 Å². The van der Waals surface area contributed by atoms with Gasteiger partial charge in [-0.3, -0.25) is 0 Å². The second kappa shape index (κ2) is 5.73. The van der Waals surface area contributed by atoms with E-state index in [1.54, 1.807) is 0 Å². The van der Waals surface area contributed by atoms with E-state index in [1.807, 2.05) is 18.2 Å². The first-order valence-corrected chi connectivity index (χ1v) is 6.06. The van der Waals surface area contributed by atoms with Crippen molar-refractivity contribution in [1.29, 1.82) is 0 Å². The third-order valence-electron chi connectivity index (χ3n) is 2.45. The molecule has 0 amide bonds. The summed E-state index contributed by atoms with van der Waals surface area (Å²) in [6.45, 7) is 9.58. The van der Waals surface area contributed by atoms with Crippen LogP contribution in [0.3, 0.4) is 0 Å². The first kappa shape index (κ1) is 12.8. The van der Waals surface area contributed by atoms with Crippen molar-refractivity contribution in [1.82, 2.24) is 4.98 Å². The van der Waals surface area contributed by atoms with E-state index in [0.717, 1.165) is 24.6 Å². The monoisotopic (exact) mass is 221 g/mol. The molecule has 0 bridgehead atoms. The highest BCUT2D eigenvalue weighted by Gasteiger charge is 2.16. The average Bonchev–Trinajstić information content (AvgIpc) is 2.17. The Morgan fingerprint density at radius 3 is 2.50 bits per heavy atom. The van der Waals surface area contributed by atoms with E-state index in [0.29, 0.717) is 0 Å². The second-order valence-corrected chi connectivity index (χ2v) is 4.70. The van der Waals surface area contributed by atoms with Crippen LogP contribution in [0.1, 0.15) is 40.5 Å². The van der Waals surface area contributed by atoms with Crippen LogP contribution in [0.2, 0.25) is 0 Å². The molecule has 0 saturated heterocycles. The van der Waals surface area contributed by atoms with Gasteiger partial charge in [-0.05, 0) is 39.3 Å². The minimum atomic E-state index is 0.104. The first-order valence-electron chi connectivity index (χ1n) is 6.06. The van der Waals surface area contributed by atoms with Crippen LogP contribution in [0.25, 0.3) is 0 Å². The number of rotatable bonds is 6. The summed E-state index contributed by atoms with van der Waals surface area (Å²) in [6.07, 6.45) is 2.31. The summed E-state index contributed by atoms with van der Waals surface area (Å²) >= 11 is 0. The molecule has 0 radical (unpaired) electrons. The molecule has 3 nitrogen and oxygen atoms in total. The first-order chi connectivity index (χ1) is 7.57. The third kappa shape index (κ3) is 4.09. The standard InChI is InChI=1S/C13H23N3/c1-5-10-13(3,4)16-12-9-7-8-11(15-12)14-6-2/h7-9H,5-6,10H2,1-4H3,(H2,14,15,16). The summed E-state index contributed by atoms with van der Waals surface area (Å²) in [5.41, 5.74) is 0.104. The second-order valence-electron chi connectivity index (χ2n) is 4.70. The molecule has 0 aliphatic rings. The molecule has 0 aromatic carbocycles. The lowest BCUT2D eigenvalue weighted by atomic mass is 9.99. The number of nitrogens with zero attached hydrogens (tertiary/aromatic N) is 1. The predicted molar refractivity (Wildman–Crippen MR) is 71.0 cm³/mol. The lowest BCUT2D eigenvalue weighted by Crippen LogP contribution is -2.30. The zero-order valence-electron chi connectivity index (χ0n) is 10.8. The van der Waals surface area contributed by atoms with Gasteiger partial charge in [0.25, 0.3) is 0 Å². The number of hydrogen-bond donors (Lipinski definition) is 2. The molecule has 0 unspecified atom stereocenters. The maximum atomic E-state index is 4.51. The van der Waals surface area contributed by atoms with E-state index in [9.17, 15) is 0 Å². The molecule has 1 heterocycles. The van der Waals surface area contributed by atoms with Gasteiger partial charge in [0.2, 0.25) is 0 Å². The molecule has 90 valence electrons. The third-order valence-corrected chi connectivity index (χ3v) is 2.45. The summed E-state index contributed by atoms with van der Waals surface area (Å²) in [5, 5.41) is 6.68. The summed E-state index contributed by atoms with van der Waals surface area (Å²) in [4.78, 5) is 4.51. The summed E-state index contributed by atoms with van der Waals surface area (Å²) in [6, 6.07) is 6.02. The molecule has 0 saturated carbocycles. The van der Waals surface area contributed by atoms with E-state index in [1.165, 1.54) is 6.42 Å². The highest BCUT2D eigenvalue weighted by molar-refractivity contribution is 5.46. The smallest absolute Gasteiger partial charge is 0.128 e. The lowest BCUT2D eigenvalue weighted by molar-refractivity contribution is 0.509. The van der Waals surface area contributed by atoms with Crippen molar-refractivity contribution >= 4 is 11.6 Å². The van der Waals surface area contributed by atoms with Crippen molar-refractivity contribution in [2.45, 2.75) is 46.1 Å². The molecule has 16 heavy (non-hydrogen) atoms. The quantitative estimate of drug-likeness (QED) is 0.772. The highest BCUT2D eigenvalue weighted by Crippen LogP contribution is 2.19. The van der Waals surface area contributed by atoms with Gasteiger partial charge in [-0.1, -0.05) is 19.4 Å². The summed E-state index contributed by atoms with van der Waals surface area (Å²) in [7, 11) is 0. The van der Waals surface area contributed by atoms with Crippen LogP contribution in [-0.2, 0) is 0 Å². The Morgan fingerprint density at radius 1 is 1.19 bits per heavy atom. The molecule has 0 atom stereocenters. The number of pyridine rings is 1. The van der Waals surface area contributed by atoms with Crippen molar-refractivity contribution in [2.24, 2.45) is 0 Å². The van der Waals surface area contributed by atoms with Gasteiger partial charge in [0, 0.05) is 12.1 Å². The van der Waals surface area contributed by atoms with Crippen LogP contribution in [0, 0.1) is 0 Å². The molecule has 0 fully saturated rings. The van der Waals surface area contributed by atoms with Gasteiger partial charge < -0.3 is 10.6 Å². The summed E-state index contributed by atoms with van der Waals surface area (Å²) in [5.74, 6) is 1.87.